The maximum absolute atomic E-state index is 10.9. The second-order valence-corrected chi connectivity index (χ2v) is 42.7. The van der Waals surface area contributed by atoms with Gasteiger partial charge < -0.3 is 19.0 Å². The van der Waals surface area contributed by atoms with E-state index >= 15 is 0 Å². The highest BCUT2D eigenvalue weighted by Crippen LogP contribution is 2.42. The summed E-state index contributed by atoms with van der Waals surface area (Å²) < 4.78 is 60.1. The van der Waals surface area contributed by atoms with Crippen LogP contribution < -0.4 is 5.11 Å². The van der Waals surface area contributed by atoms with Crippen molar-refractivity contribution in [3.63, 3.8) is 0 Å². The van der Waals surface area contributed by atoms with Crippen molar-refractivity contribution in [2.24, 2.45) is 0 Å². The molecule has 0 atom stereocenters. The molecule has 0 amide bonds. The van der Waals surface area contributed by atoms with Crippen LogP contribution in [0.15, 0.2) is 394 Å². The van der Waals surface area contributed by atoms with Gasteiger partial charge in [0.2, 0.25) is 13.4 Å². The van der Waals surface area contributed by atoms with Crippen molar-refractivity contribution in [1.29, 1.82) is 0 Å². The third-order valence-electron chi connectivity index (χ3n) is 16.4. The first kappa shape index (κ1) is 99.5. The maximum Gasteiger partial charge on any atom is 0.250 e. The molecule has 0 N–H and O–H groups in total. The number of halogens is 15. The average molecular weight is 2030 g/mol. The van der Waals surface area contributed by atoms with Gasteiger partial charge in [-0.3, -0.25) is 4.79 Å². The van der Waals surface area contributed by atoms with Gasteiger partial charge in [0, 0.05) is 56.3 Å². The van der Waals surface area contributed by atoms with E-state index in [4.69, 9.17) is 174 Å². The highest BCUT2D eigenvalue weighted by atomic mass is 35.6. The zero-order valence-electron chi connectivity index (χ0n) is 63.6. The van der Waals surface area contributed by atoms with Gasteiger partial charge in [0.15, 0.2) is 61.5 Å². The normalized spacial score (nSPS) is 11.2. The van der Waals surface area contributed by atoms with Crippen molar-refractivity contribution >= 4 is 249 Å². The Balaban J connectivity index is 0.000000165. The number of alkyl halides is 6. The zero-order valence-corrected chi connectivity index (χ0v) is 79.0. The molecule has 0 fully saturated rings. The number of hydrogen-bond donors (Lipinski definition) is 0. The fraction of sp³-hybridized carbons (Fsp3) is 0.0440. The maximum atomic E-state index is 10.9. The third-order valence-corrected chi connectivity index (χ3v) is 28.2. The molecule has 12 nitrogen and oxygen atoms in total. The first-order valence-corrected chi connectivity index (χ1v) is 47.7. The predicted molar refractivity (Wildman–Crippen MR) is 505 cm³/mol. The molecule has 0 bridgehead atoms. The smallest absolute Gasteiger partial charge is 0.250 e. The standard InChI is InChI=1S/3C18H12Cl3S.C12H7Cl6N3.C10H8O3S.C8H6O3.C7H8O3S/c3*19-13-1-7-16(8-2-13)22(17-9-3-14(20)4-10-17)18-11-5-15(21)6-12-18;1-6-2-4-7(5-3-6)8-19-9(11(13,14)15)21-10(20-8)12(16,17)18;11-14(12,13)10-7-3-5-8-4-1-2-6-9(8)10;9-7(8(10)11)6-4-2-1-3-5-6;1-6-2-4-7(5-3-6)11(8,9)10/h3*1-12H;2-5H,1H3;1-7H,(H,11,12,13);1-5H,(H,10,11);2-5H,1H3,(H,8,9,10)/q3*+1;;;;/p-3. The number of aryl methyl sites for hydroxylation is 2. The van der Waals surface area contributed by atoms with Crippen LogP contribution in [-0.4, -0.2) is 52.6 Å². The lowest BCUT2D eigenvalue weighted by Crippen LogP contribution is -2.31. The number of ketones is 1. The lowest BCUT2D eigenvalue weighted by molar-refractivity contribution is -0.296. The number of rotatable bonds is 14. The summed E-state index contributed by atoms with van der Waals surface area (Å²) in [6.45, 7) is 3.78. The van der Waals surface area contributed by atoms with Crippen molar-refractivity contribution in [1.82, 2.24) is 15.0 Å². The Morgan fingerprint density at radius 2 is 0.553 bits per heavy atom. The van der Waals surface area contributed by atoms with Gasteiger partial charge >= 0.3 is 0 Å². The van der Waals surface area contributed by atoms with Gasteiger partial charge in [-0.2, -0.15) is 0 Å². The van der Waals surface area contributed by atoms with Crippen LogP contribution in [0.1, 0.15) is 33.1 Å². The molecular formula is C91H62Cl15N3O9S5. The van der Waals surface area contributed by atoms with Crippen molar-refractivity contribution in [2.45, 2.75) is 75.3 Å². The lowest BCUT2D eigenvalue weighted by atomic mass is 10.1. The minimum Gasteiger partial charge on any atom is -0.744 e. The van der Waals surface area contributed by atoms with E-state index in [0.29, 0.717) is 10.9 Å². The van der Waals surface area contributed by atoms with E-state index in [-0.39, 0.29) is 65.5 Å². The van der Waals surface area contributed by atoms with E-state index in [0.717, 1.165) is 61.7 Å². The van der Waals surface area contributed by atoms with Gasteiger partial charge in [-0.15, -0.1) is 0 Å². The number of aliphatic carboxylic acids is 1. The Bertz CT molecular complexity index is 5550. The minimum absolute atomic E-state index is 0.112. The molecule has 1 aromatic heterocycles. The van der Waals surface area contributed by atoms with Gasteiger partial charge in [0.25, 0.3) is 0 Å². The largest absolute Gasteiger partial charge is 0.744 e. The first-order valence-electron chi connectivity index (χ1n) is 35.6. The number of fused-ring (bicyclic) bond motifs is 1. The van der Waals surface area contributed by atoms with Crippen LogP contribution in [0, 0.1) is 13.8 Å². The van der Waals surface area contributed by atoms with E-state index in [1.165, 1.54) is 74.4 Å². The van der Waals surface area contributed by atoms with Crippen LogP contribution in [0.3, 0.4) is 0 Å². The Morgan fingerprint density at radius 1 is 0.301 bits per heavy atom. The van der Waals surface area contributed by atoms with Gasteiger partial charge in [-0.1, -0.05) is 288 Å². The van der Waals surface area contributed by atoms with Gasteiger partial charge in [-0.05, 0) is 261 Å². The summed E-state index contributed by atoms with van der Waals surface area (Å²) in [6.07, 6.45) is 0. The minimum atomic E-state index is -4.38. The third kappa shape index (κ3) is 31.3. The summed E-state index contributed by atoms with van der Waals surface area (Å²) in [7, 11) is -9.30. The Hall–Kier alpha value is -7.29. The molecule has 0 aliphatic rings. The van der Waals surface area contributed by atoms with E-state index in [9.17, 15) is 40.6 Å². The van der Waals surface area contributed by atoms with Crippen LogP contribution in [0.5, 0.6) is 0 Å². The molecule has 14 aromatic carbocycles. The second kappa shape index (κ2) is 47.0. The van der Waals surface area contributed by atoms with Crippen molar-refractivity contribution in [3.05, 3.63) is 413 Å². The van der Waals surface area contributed by atoms with Crippen molar-refractivity contribution in [2.75, 3.05) is 0 Å². The SMILES string of the molecule is Cc1ccc(-c2nc(C(Cl)(Cl)Cl)nc(C(Cl)(Cl)Cl)n2)cc1.Cc1ccc(S(=O)(=O)[O-])cc1.Clc1ccc([S+](c2ccc(Cl)cc2)c2ccc(Cl)cc2)cc1.Clc1ccc([S+](c2ccc(Cl)cc2)c2ccc(Cl)cc2)cc1.Clc1ccc([S+](c2ccc(Cl)cc2)c2ccc(Cl)cc2)cc1.O=C([O-])C(=O)c1ccccc1.O=S(=O)([O-])c1cccc2ccccc12. The van der Waals surface area contributed by atoms with Crippen molar-refractivity contribution < 1.29 is 40.6 Å². The molecule has 15 rings (SSSR count). The van der Waals surface area contributed by atoms with Gasteiger partial charge in [-0.25, -0.2) is 31.8 Å². The number of carbonyl (C=O) groups is 2. The molecule has 123 heavy (non-hydrogen) atoms. The summed E-state index contributed by atoms with van der Waals surface area (Å²) in [4.78, 5) is 43.4. The zero-order chi connectivity index (χ0) is 89.3. The number of carboxylic acid groups (broad SMARTS) is 1. The molecule has 1 heterocycles. The molecule has 0 aliphatic heterocycles. The van der Waals surface area contributed by atoms with Crippen LogP contribution in [0.25, 0.3) is 22.2 Å². The fourth-order valence-corrected chi connectivity index (χ4v) is 19.6. The first-order chi connectivity index (χ1) is 58.3. The molecular weight excluding hydrogens is 1970 g/mol. The van der Waals surface area contributed by atoms with E-state index in [1.807, 2.05) is 147 Å². The Morgan fingerprint density at radius 3 is 0.805 bits per heavy atom. The number of Topliss-reactive ketones (excluding diaryl/α,β-unsaturated/α-hetero) is 1. The van der Waals surface area contributed by atoms with Crippen LogP contribution in [-0.2, 0) is 65.3 Å². The van der Waals surface area contributed by atoms with Crippen LogP contribution in [0.2, 0.25) is 45.2 Å². The molecule has 0 unspecified atom stereocenters. The van der Waals surface area contributed by atoms with Crippen LogP contribution >= 0.6 is 174 Å². The highest BCUT2D eigenvalue weighted by molar-refractivity contribution is 7.97. The summed E-state index contributed by atoms with van der Waals surface area (Å²) >= 11 is 89.0. The van der Waals surface area contributed by atoms with E-state index in [2.05, 4.69) is 124 Å². The Labute approximate surface area is 796 Å². The van der Waals surface area contributed by atoms with Crippen molar-refractivity contribution in [3.8, 4) is 11.4 Å². The number of hydrogen-bond acceptors (Lipinski definition) is 12. The number of nitrogens with zero attached hydrogens (tertiary/aromatic N) is 3. The van der Waals surface area contributed by atoms with E-state index < -0.39 is 39.6 Å². The highest BCUT2D eigenvalue weighted by Gasteiger charge is 2.35. The molecule has 0 aliphatic carbocycles. The monoisotopic (exact) mass is 2020 g/mol. The number of aromatic nitrogens is 3. The van der Waals surface area contributed by atoms with Gasteiger partial charge in [0.05, 0.1) is 42.5 Å². The summed E-state index contributed by atoms with van der Waals surface area (Å²) in [5.41, 5.74) is 2.84. The van der Waals surface area contributed by atoms with Gasteiger partial charge in [0.1, 0.15) is 26.2 Å². The molecule has 0 saturated carbocycles. The Kier molecular flexibility index (Phi) is 38.0. The molecule has 0 radical (unpaired) electrons. The van der Waals surface area contributed by atoms with Crippen LogP contribution in [0.4, 0.5) is 0 Å². The quantitative estimate of drug-likeness (QED) is 0.0327. The number of carboxylic acids is 1. The topological polar surface area (TPSA) is 210 Å². The summed E-state index contributed by atoms with van der Waals surface area (Å²) in [6, 6.07) is 104. The lowest BCUT2D eigenvalue weighted by Gasteiger charge is -2.15. The second-order valence-electron chi connectivity index (χ2n) is 25.4. The molecule has 0 spiro atoms. The summed E-state index contributed by atoms with van der Waals surface area (Å²) in [5.74, 6) is -2.62. The molecule has 630 valence electrons. The molecule has 15 aromatic rings. The number of benzene rings is 14. The average Bonchev–Trinajstić information content (AvgIpc) is 0.805. The fourth-order valence-electron chi connectivity index (χ4n) is 10.6. The number of carbonyl (C=O) groups excluding carboxylic acids is 2. The summed E-state index contributed by atoms with van der Waals surface area (Å²) in [5, 5.41) is 17.9. The molecule has 32 heteroatoms. The van der Waals surface area contributed by atoms with E-state index in [1.54, 1.807) is 66.7 Å². The predicted octanol–water partition coefficient (Wildman–Crippen LogP) is 28.0. The molecule has 0 saturated heterocycles.